The smallest absolute Gasteiger partial charge is 0.293 e. The first-order valence-electron chi connectivity index (χ1n) is 8.38. The van der Waals surface area contributed by atoms with Crippen LogP contribution in [0.5, 0.6) is 0 Å². The quantitative estimate of drug-likeness (QED) is 0.394. The van der Waals surface area contributed by atoms with E-state index >= 15 is 0 Å². The van der Waals surface area contributed by atoms with E-state index < -0.39 is 10.8 Å². The zero-order valence-corrected chi connectivity index (χ0v) is 16.4. The van der Waals surface area contributed by atoms with Gasteiger partial charge in [0, 0.05) is 18.7 Å². The molecule has 2 rings (SSSR count). The number of halogens is 1. The molecular formula is C19H25ClN4O3. The van der Waals surface area contributed by atoms with Crippen LogP contribution in [0.2, 0.25) is 0 Å². The number of nitrogen functional groups attached to an aromatic ring is 1. The van der Waals surface area contributed by atoms with Crippen molar-refractivity contribution in [3.63, 3.8) is 0 Å². The number of benzene rings is 2. The van der Waals surface area contributed by atoms with Gasteiger partial charge in [-0.3, -0.25) is 14.9 Å². The van der Waals surface area contributed by atoms with Gasteiger partial charge >= 0.3 is 0 Å². The monoisotopic (exact) mass is 392 g/mol. The number of amides is 1. The van der Waals surface area contributed by atoms with E-state index in [9.17, 15) is 14.9 Å². The number of nitro benzene ring substituents is 1. The second kappa shape index (κ2) is 9.34. The molecule has 7 nitrogen and oxygen atoms in total. The second-order valence-corrected chi connectivity index (χ2v) is 6.64. The minimum absolute atomic E-state index is 0. The van der Waals surface area contributed by atoms with E-state index in [1.807, 2.05) is 24.3 Å². The van der Waals surface area contributed by atoms with Crippen LogP contribution in [0, 0.1) is 17.0 Å². The third-order valence-electron chi connectivity index (χ3n) is 4.26. The molecule has 0 heterocycles. The van der Waals surface area contributed by atoms with Gasteiger partial charge in [0.15, 0.2) is 0 Å². The van der Waals surface area contributed by atoms with E-state index in [1.54, 1.807) is 6.92 Å². The van der Waals surface area contributed by atoms with Crippen LogP contribution in [0.1, 0.15) is 52.9 Å². The summed E-state index contributed by atoms with van der Waals surface area (Å²) in [5, 5.41) is 13.8. The molecule has 0 saturated carbocycles. The van der Waals surface area contributed by atoms with Crippen molar-refractivity contribution in [1.29, 1.82) is 0 Å². The Morgan fingerprint density at radius 3 is 2.26 bits per heavy atom. The van der Waals surface area contributed by atoms with Gasteiger partial charge in [-0.25, -0.2) is 0 Å². The van der Waals surface area contributed by atoms with E-state index in [0.717, 1.165) is 5.56 Å². The molecule has 0 saturated heterocycles. The van der Waals surface area contributed by atoms with E-state index in [4.69, 9.17) is 11.5 Å². The molecule has 2 aromatic rings. The van der Waals surface area contributed by atoms with Gasteiger partial charge in [0.1, 0.15) is 5.69 Å². The fraction of sp³-hybridized carbons (Fsp3) is 0.316. The van der Waals surface area contributed by atoms with E-state index in [2.05, 4.69) is 19.2 Å². The summed E-state index contributed by atoms with van der Waals surface area (Å²) in [7, 11) is 0. The van der Waals surface area contributed by atoms with Crippen LogP contribution in [0.3, 0.4) is 0 Å². The lowest BCUT2D eigenvalue weighted by Crippen LogP contribution is -2.32. The molecule has 0 aliphatic rings. The average molecular weight is 393 g/mol. The van der Waals surface area contributed by atoms with E-state index in [1.165, 1.54) is 17.7 Å². The first-order chi connectivity index (χ1) is 12.2. The number of aryl methyl sites for hydroxylation is 1. The van der Waals surface area contributed by atoms with Gasteiger partial charge < -0.3 is 16.8 Å². The molecule has 0 aromatic heterocycles. The molecule has 146 valence electrons. The van der Waals surface area contributed by atoms with Crippen LogP contribution >= 0.6 is 12.4 Å². The highest BCUT2D eigenvalue weighted by atomic mass is 35.5. The van der Waals surface area contributed by atoms with Gasteiger partial charge in [0.25, 0.3) is 11.6 Å². The number of hydrogen-bond donors (Lipinski definition) is 3. The Morgan fingerprint density at radius 1 is 1.19 bits per heavy atom. The molecule has 0 aliphatic carbocycles. The molecule has 0 aliphatic heterocycles. The molecule has 1 unspecified atom stereocenters. The molecule has 0 bridgehead atoms. The minimum atomic E-state index is -0.596. The molecule has 1 atom stereocenters. The Labute approximate surface area is 164 Å². The summed E-state index contributed by atoms with van der Waals surface area (Å²) in [5.41, 5.74) is 14.3. The van der Waals surface area contributed by atoms with Gasteiger partial charge in [-0.1, -0.05) is 38.1 Å². The number of nitro groups is 1. The molecular weight excluding hydrogens is 368 g/mol. The van der Waals surface area contributed by atoms with Crippen molar-refractivity contribution in [2.45, 2.75) is 32.7 Å². The Morgan fingerprint density at radius 2 is 1.74 bits per heavy atom. The Kier molecular flexibility index (Phi) is 7.75. The molecule has 1 amide bonds. The summed E-state index contributed by atoms with van der Waals surface area (Å²) in [6.45, 7) is 6.09. The van der Waals surface area contributed by atoms with Crippen LogP contribution in [0.4, 0.5) is 11.4 Å². The standard InChI is InChI=1S/C19H24N4O3.ClH/c1-11(2)13-4-6-14(7-5-13)16(20)10-22-19(24)15-8-12(3)9-17(18(15)21)23(25)26;/h4-9,11,16H,10,20-21H2,1-3H3,(H,22,24);1H. The first-order valence-corrected chi connectivity index (χ1v) is 8.38. The van der Waals surface area contributed by atoms with E-state index in [0.29, 0.717) is 11.5 Å². The number of nitrogens with two attached hydrogens (primary N) is 2. The molecule has 0 radical (unpaired) electrons. The highest BCUT2D eigenvalue weighted by molar-refractivity contribution is 6.01. The number of nitrogens with zero attached hydrogens (tertiary/aromatic N) is 1. The summed E-state index contributed by atoms with van der Waals surface area (Å²) in [6, 6.07) is 10.4. The van der Waals surface area contributed by atoms with Crippen molar-refractivity contribution in [2.24, 2.45) is 5.73 Å². The fourth-order valence-corrected chi connectivity index (χ4v) is 2.66. The Hall–Kier alpha value is -2.64. The zero-order valence-electron chi connectivity index (χ0n) is 15.6. The molecule has 2 aromatic carbocycles. The number of carbonyl (C=O) groups excluding carboxylic acids is 1. The third kappa shape index (κ3) is 5.42. The summed E-state index contributed by atoms with van der Waals surface area (Å²) in [6.07, 6.45) is 0. The highest BCUT2D eigenvalue weighted by Crippen LogP contribution is 2.27. The highest BCUT2D eigenvalue weighted by Gasteiger charge is 2.21. The maximum Gasteiger partial charge on any atom is 0.293 e. The van der Waals surface area contributed by atoms with Gasteiger partial charge in [0.05, 0.1) is 10.5 Å². The lowest BCUT2D eigenvalue weighted by Gasteiger charge is -2.15. The summed E-state index contributed by atoms with van der Waals surface area (Å²) in [5.74, 6) is -0.0522. The number of carbonyl (C=O) groups is 1. The van der Waals surface area contributed by atoms with Crippen LogP contribution in [0.25, 0.3) is 0 Å². The molecule has 27 heavy (non-hydrogen) atoms. The Bertz CT molecular complexity index is 822. The van der Waals surface area contributed by atoms with Crippen LogP contribution < -0.4 is 16.8 Å². The number of anilines is 1. The van der Waals surface area contributed by atoms with Gasteiger partial charge in [-0.15, -0.1) is 12.4 Å². The van der Waals surface area contributed by atoms with Crippen molar-refractivity contribution >= 4 is 29.7 Å². The zero-order chi connectivity index (χ0) is 19.4. The molecule has 5 N–H and O–H groups in total. The maximum absolute atomic E-state index is 12.4. The summed E-state index contributed by atoms with van der Waals surface area (Å²) in [4.78, 5) is 22.9. The largest absolute Gasteiger partial charge is 0.393 e. The molecule has 0 spiro atoms. The number of nitrogens with one attached hydrogen (secondary N) is 1. The number of hydrogen-bond acceptors (Lipinski definition) is 5. The molecule has 8 heteroatoms. The van der Waals surface area contributed by atoms with E-state index in [-0.39, 0.29) is 41.9 Å². The topological polar surface area (TPSA) is 124 Å². The van der Waals surface area contributed by atoms with Gasteiger partial charge in [0.2, 0.25) is 0 Å². The lowest BCUT2D eigenvalue weighted by molar-refractivity contribution is -0.384. The predicted molar refractivity (Wildman–Crippen MR) is 109 cm³/mol. The van der Waals surface area contributed by atoms with Crippen LogP contribution in [-0.4, -0.2) is 17.4 Å². The van der Waals surface area contributed by atoms with Crippen LogP contribution in [0.15, 0.2) is 36.4 Å². The lowest BCUT2D eigenvalue weighted by atomic mass is 9.99. The summed E-state index contributed by atoms with van der Waals surface area (Å²) >= 11 is 0. The van der Waals surface area contributed by atoms with Gasteiger partial charge in [-0.05, 0) is 35.6 Å². The third-order valence-corrected chi connectivity index (χ3v) is 4.26. The van der Waals surface area contributed by atoms with Crippen molar-refractivity contribution < 1.29 is 9.72 Å². The maximum atomic E-state index is 12.4. The first kappa shape index (κ1) is 22.4. The SMILES string of the molecule is Cc1cc(C(=O)NCC(N)c2ccc(C(C)C)cc2)c(N)c([N+](=O)[O-])c1.Cl. The predicted octanol–water partition coefficient (Wildman–Crippen LogP) is 3.46. The van der Waals surface area contributed by atoms with Crippen molar-refractivity contribution in [3.05, 3.63) is 68.8 Å². The van der Waals surface area contributed by atoms with Crippen molar-refractivity contribution in [1.82, 2.24) is 5.32 Å². The van der Waals surface area contributed by atoms with Crippen molar-refractivity contribution in [3.8, 4) is 0 Å². The average Bonchev–Trinajstić information content (AvgIpc) is 2.60. The minimum Gasteiger partial charge on any atom is -0.393 e. The summed E-state index contributed by atoms with van der Waals surface area (Å²) < 4.78 is 0. The number of rotatable bonds is 6. The van der Waals surface area contributed by atoms with Crippen molar-refractivity contribution in [2.75, 3.05) is 12.3 Å². The Balaban J connectivity index is 0.00000364. The molecule has 0 fully saturated rings. The normalized spacial score (nSPS) is 11.6. The second-order valence-electron chi connectivity index (χ2n) is 6.64. The fourth-order valence-electron chi connectivity index (χ4n) is 2.66. The van der Waals surface area contributed by atoms with Gasteiger partial charge in [-0.2, -0.15) is 0 Å². The van der Waals surface area contributed by atoms with Crippen LogP contribution in [-0.2, 0) is 0 Å².